The summed E-state index contributed by atoms with van der Waals surface area (Å²) in [6.07, 6.45) is 2.39. The van der Waals surface area contributed by atoms with Gasteiger partial charge in [-0.15, -0.1) is 0 Å². The van der Waals surface area contributed by atoms with Crippen LogP contribution < -0.4 is 19.7 Å². The number of sulfonamides is 1. The smallest absolute Gasteiger partial charge is 0.261 e. The number of ether oxygens (including phenoxy) is 1. The van der Waals surface area contributed by atoms with Crippen LogP contribution in [0.15, 0.2) is 102 Å². The predicted octanol–water partition coefficient (Wildman–Crippen LogP) is 7.10. The predicted molar refractivity (Wildman–Crippen MR) is 172 cm³/mol. The maximum atomic E-state index is 13.0. The summed E-state index contributed by atoms with van der Waals surface area (Å²) in [7, 11) is -2.29. The molecular weight excluding hydrogens is 550 g/mol. The summed E-state index contributed by atoms with van der Waals surface area (Å²) in [6.45, 7) is 6.09. The van der Waals surface area contributed by atoms with Crippen molar-refractivity contribution >= 4 is 38.8 Å². The van der Waals surface area contributed by atoms with E-state index < -0.39 is 10.0 Å². The minimum Gasteiger partial charge on any atom is -0.497 e. The number of rotatable bonds is 9. The van der Waals surface area contributed by atoms with Crippen LogP contribution in [-0.4, -0.2) is 40.3 Å². The van der Waals surface area contributed by atoms with Crippen molar-refractivity contribution in [3.63, 3.8) is 0 Å². The molecule has 0 bridgehead atoms. The monoisotopic (exact) mass is 589 g/mol. The molecule has 222 valence electrons. The number of anilines is 3. The molecule has 5 rings (SSSR count). The number of benzene rings is 4. The third-order valence-electron chi connectivity index (χ3n) is 6.77. The molecule has 1 heterocycles. The molecule has 8 nitrogen and oxygen atoms in total. The van der Waals surface area contributed by atoms with Gasteiger partial charge in [-0.1, -0.05) is 13.8 Å². The van der Waals surface area contributed by atoms with Gasteiger partial charge in [0.25, 0.3) is 15.9 Å². The minimum atomic E-state index is -3.79. The molecule has 1 saturated heterocycles. The Morgan fingerprint density at radius 1 is 0.714 bits per heavy atom. The van der Waals surface area contributed by atoms with Crippen LogP contribution in [-0.2, 0) is 10.0 Å². The Bertz CT molecular complexity index is 1610. The highest BCUT2D eigenvalue weighted by molar-refractivity contribution is 7.92. The van der Waals surface area contributed by atoms with Gasteiger partial charge in [0.1, 0.15) is 5.75 Å². The van der Waals surface area contributed by atoms with Gasteiger partial charge >= 0.3 is 0 Å². The van der Waals surface area contributed by atoms with Gasteiger partial charge in [-0.2, -0.15) is 0 Å². The van der Waals surface area contributed by atoms with Crippen molar-refractivity contribution in [3.8, 4) is 5.75 Å². The molecule has 0 atom stereocenters. The summed E-state index contributed by atoms with van der Waals surface area (Å²) in [6, 6.07) is 26.5. The average Bonchev–Trinajstić information content (AvgIpc) is 3.58. The van der Waals surface area contributed by atoms with Gasteiger partial charge < -0.3 is 15.0 Å². The van der Waals surface area contributed by atoms with E-state index in [1.165, 1.54) is 44.2 Å². The average molecular weight is 590 g/mol. The molecule has 1 amide bonds. The number of methoxy groups -OCH3 is 1. The van der Waals surface area contributed by atoms with Crippen LogP contribution in [0.25, 0.3) is 0 Å². The summed E-state index contributed by atoms with van der Waals surface area (Å²) in [4.78, 5) is 28.1. The summed E-state index contributed by atoms with van der Waals surface area (Å²) < 4.78 is 32.9. The highest BCUT2D eigenvalue weighted by Gasteiger charge is 2.16. The Labute approximate surface area is 250 Å². The van der Waals surface area contributed by atoms with Crippen LogP contribution in [0, 0.1) is 0 Å². The highest BCUT2D eigenvalue weighted by atomic mass is 32.2. The van der Waals surface area contributed by atoms with Gasteiger partial charge in [0.2, 0.25) is 0 Å². The van der Waals surface area contributed by atoms with Crippen LogP contribution in [0.4, 0.5) is 17.1 Å². The topological polar surface area (TPSA) is 105 Å². The minimum absolute atomic E-state index is 0. The second-order valence-corrected chi connectivity index (χ2v) is 11.1. The lowest BCUT2D eigenvalue weighted by atomic mass is 10.0. The van der Waals surface area contributed by atoms with Crippen molar-refractivity contribution in [2.75, 3.05) is 35.1 Å². The second-order valence-electron chi connectivity index (χ2n) is 9.46. The first-order chi connectivity index (χ1) is 20.3. The van der Waals surface area contributed by atoms with Gasteiger partial charge in [0, 0.05) is 49.7 Å². The van der Waals surface area contributed by atoms with Gasteiger partial charge in [-0.3, -0.25) is 14.3 Å². The molecule has 0 aliphatic carbocycles. The standard InChI is InChI=1S/C31H29N3O5S.C2H6.2H2/c1-39-28-16-18-29(19-17-28)40(37,38)33-26-12-6-23(7-13-26)30(35)22-4-10-25(11-5-22)32-31(36)24-8-14-27(15-9-24)34-20-2-3-21-34;1-2;;/h4-19,33H,2-3,20-21H2,1H3,(H,32,36);1-2H3;2*1H. The summed E-state index contributed by atoms with van der Waals surface area (Å²) in [5.74, 6) is 0.111. The van der Waals surface area contributed by atoms with E-state index in [9.17, 15) is 18.0 Å². The fraction of sp³-hybridized carbons (Fsp3) is 0.212. The van der Waals surface area contributed by atoms with Crippen molar-refractivity contribution in [2.45, 2.75) is 31.6 Å². The number of hydrogen-bond acceptors (Lipinski definition) is 6. The first-order valence-corrected chi connectivity index (χ1v) is 15.4. The number of ketones is 1. The fourth-order valence-electron chi connectivity index (χ4n) is 4.53. The van der Waals surface area contributed by atoms with E-state index in [0.29, 0.717) is 33.8 Å². The van der Waals surface area contributed by atoms with Crippen LogP contribution in [0.2, 0.25) is 0 Å². The lowest BCUT2D eigenvalue weighted by Gasteiger charge is -2.17. The molecule has 4 aromatic carbocycles. The maximum Gasteiger partial charge on any atom is 0.261 e. The van der Waals surface area contributed by atoms with Gasteiger partial charge in [0.15, 0.2) is 5.78 Å². The number of hydrogen-bond donors (Lipinski definition) is 2. The van der Waals surface area contributed by atoms with Crippen molar-refractivity contribution in [2.24, 2.45) is 0 Å². The van der Waals surface area contributed by atoms with E-state index in [2.05, 4.69) is 14.9 Å². The van der Waals surface area contributed by atoms with Crippen LogP contribution in [0.5, 0.6) is 5.75 Å². The van der Waals surface area contributed by atoms with Crippen molar-refractivity contribution < 1.29 is 25.6 Å². The Morgan fingerprint density at radius 2 is 1.21 bits per heavy atom. The van der Waals surface area contributed by atoms with E-state index in [0.717, 1.165) is 18.8 Å². The maximum absolute atomic E-state index is 13.0. The molecule has 1 aliphatic heterocycles. The normalized spacial score (nSPS) is 12.6. The van der Waals surface area contributed by atoms with Crippen molar-refractivity contribution in [3.05, 3.63) is 114 Å². The number of carbonyl (C=O) groups excluding carboxylic acids is 2. The van der Waals surface area contributed by atoms with Crippen molar-refractivity contribution in [1.29, 1.82) is 0 Å². The van der Waals surface area contributed by atoms with Gasteiger partial charge in [-0.25, -0.2) is 8.42 Å². The van der Waals surface area contributed by atoms with Crippen molar-refractivity contribution in [1.82, 2.24) is 0 Å². The first-order valence-electron chi connectivity index (χ1n) is 13.9. The van der Waals surface area contributed by atoms with Crippen LogP contribution in [0.1, 0.15) is 55.8 Å². The number of nitrogens with one attached hydrogen (secondary N) is 2. The third kappa shape index (κ3) is 7.36. The zero-order chi connectivity index (χ0) is 30.1. The quantitative estimate of drug-likeness (QED) is 0.202. The first kappa shape index (κ1) is 30.3. The van der Waals surface area contributed by atoms with E-state index in [1.54, 1.807) is 48.5 Å². The Balaban J connectivity index is 0.00000165. The molecule has 0 spiro atoms. The molecule has 1 fully saturated rings. The van der Waals surface area contributed by atoms with Gasteiger partial charge in [0.05, 0.1) is 12.0 Å². The Hall–Kier alpha value is -4.63. The summed E-state index contributed by atoms with van der Waals surface area (Å²) in [5, 5.41) is 2.87. The zero-order valence-electron chi connectivity index (χ0n) is 24.0. The van der Waals surface area contributed by atoms with Crippen LogP contribution >= 0.6 is 0 Å². The largest absolute Gasteiger partial charge is 0.497 e. The third-order valence-corrected chi connectivity index (χ3v) is 8.17. The Morgan fingerprint density at radius 3 is 1.74 bits per heavy atom. The van der Waals surface area contributed by atoms with Crippen LogP contribution in [0.3, 0.4) is 0 Å². The van der Waals surface area contributed by atoms with E-state index >= 15 is 0 Å². The number of amides is 1. The molecule has 0 aromatic heterocycles. The molecule has 9 heteroatoms. The molecule has 1 aliphatic rings. The lowest BCUT2D eigenvalue weighted by molar-refractivity contribution is 0.102. The Kier molecular flexibility index (Phi) is 9.98. The second kappa shape index (κ2) is 13.8. The number of nitrogens with zero attached hydrogens (tertiary/aromatic N) is 1. The van der Waals surface area contributed by atoms with E-state index in [1.807, 2.05) is 38.1 Å². The molecular formula is C33H39N3O5S. The molecule has 4 aromatic rings. The van der Waals surface area contributed by atoms with E-state index in [4.69, 9.17) is 4.74 Å². The molecule has 2 N–H and O–H groups in total. The molecule has 0 saturated carbocycles. The lowest BCUT2D eigenvalue weighted by Crippen LogP contribution is -2.18. The number of carbonyl (C=O) groups is 2. The molecule has 0 radical (unpaired) electrons. The zero-order valence-corrected chi connectivity index (χ0v) is 24.8. The molecule has 0 unspecified atom stereocenters. The highest BCUT2D eigenvalue weighted by Crippen LogP contribution is 2.23. The fourth-order valence-corrected chi connectivity index (χ4v) is 5.59. The summed E-state index contributed by atoms with van der Waals surface area (Å²) >= 11 is 0. The summed E-state index contributed by atoms with van der Waals surface area (Å²) in [5.41, 5.74) is 3.44. The molecule has 42 heavy (non-hydrogen) atoms. The van der Waals surface area contributed by atoms with Gasteiger partial charge in [-0.05, 0) is 110 Å². The SMILES string of the molecule is CC.COc1ccc(S(=O)(=O)Nc2ccc(C(=O)c3ccc(NC(=O)c4ccc(N5CCCC5)cc4)cc3)cc2)cc1.[HH].[HH]. The van der Waals surface area contributed by atoms with E-state index in [-0.39, 0.29) is 19.4 Å².